The van der Waals surface area contributed by atoms with Gasteiger partial charge in [0.05, 0.1) is 0 Å². The number of halogens is 1. The summed E-state index contributed by atoms with van der Waals surface area (Å²) in [5, 5.41) is 0.788. The standard InChI is InChI=1S/C13H13ClO/c14-13-7-2-1-5-11(13)8-10-4-3-6-12(15)9-10/h1-2,5,7,9H,3-4,6,8H2. The lowest BCUT2D eigenvalue weighted by molar-refractivity contribution is -0.115. The highest BCUT2D eigenvalue weighted by molar-refractivity contribution is 6.31. The SMILES string of the molecule is O=C1C=C(Cc2ccccc2Cl)CCC1. The van der Waals surface area contributed by atoms with E-state index in [0.717, 1.165) is 29.8 Å². The molecular weight excluding hydrogens is 208 g/mol. The first-order valence-corrected chi connectivity index (χ1v) is 5.59. The van der Waals surface area contributed by atoms with E-state index in [0.29, 0.717) is 6.42 Å². The van der Waals surface area contributed by atoms with E-state index in [4.69, 9.17) is 11.6 Å². The normalized spacial score (nSPS) is 16.3. The van der Waals surface area contributed by atoms with Crippen molar-refractivity contribution in [1.29, 1.82) is 0 Å². The van der Waals surface area contributed by atoms with E-state index in [1.54, 1.807) is 6.08 Å². The number of carbonyl (C=O) groups excluding carboxylic acids is 1. The molecule has 0 saturated carbocycles. The number of allylic oxidation sites excluding steroid dienone is 2. The molecule has 1 nitrogen and oxygen atoms in total. The zero-order chi connectivity index (χ0) is 10.7. The maximum atomic E-state index is 11.2. The second-order valence-corrected chi connectivity index (χ2v) is 4.30. The van der Waals surface area contributed by atoms with Crippen molar-refractivity contribution in [2.75, 3.05) is 0 Å². The molecule has 2 rings (SSSR count). The number of ketones is 1. The van der Waals surface area contributed by atoms with Gasteiger partial charge < -0.3 is 0 Å². The summed E-state index contributed by atoms with van der Waals surface area (Å²) in [7, 11) is 0. The predicted octanol–water partition coefficient (Wildman–Crippen LogP) is 3.56. The second kappa shape index (κ2) is 4.63. The minimum absolute atomic E-state index is 0.253. The summed E-state index contributed by atoms with van der Waals surface area (Å²) in [5.74, 6) is 0.253. The van der Waals surface area contributed by atoms with Crippen LogP contribution in [0.3, 0.4) is 0 Å². The van der Waals surface area contributed by atoms with Gasteiger partial charge in [-0.3, -0.25) is 4.79 Å². The van der Waals surface area contributed by atoms with E-state index in [1.165, 1.54) is 5.57 Å². The molecule has 0 fully saturated rings. The monoisotopic (exact) mass is 220 g/mol. The molecule has 0 aromatic heterocycles. The van der Waals surface area contributed by atoms with Crippen LogP contribution in [0.5, 0.6) is 0 Å². The second-order valence-electron chi connectivity index (χ2n) is 3.89. The summed E-state index contributed by atoms with van der Waals surface area (Å²) in [4.78, 5) is 11.2. The third kappa shape index (κ3) is 2.69. The summed E-state index contributed by atoms with van der Waals surface area (Å²) in [6.07, 6.45) is 5.30. The van der Waals surface area contributed by atoms with Crippen molar-refractivity contribution in [2.24, 2.45) is 0 Å². The molecule has 0 amide bonds. The number of benzene rings is 1. The Morgan fingerprint density at radius 3 is 2.73 bits per heavy atom. The first-order chi connectivity index (χ1) is 7.25. The van der Waals surface area contributed by atoms with Gasteiger partial charge in [-0.05, 0) is 37.0 Å². The average Bonchev–Trinajstić information content (AvgIpc) is 2.22. The van der Waals surface area contributed by atoms with Crippen LogP contribution in [-0.4, -0.2) is 5.78 Å². The average molecular weight is 221 g/mol. The van der Waals surface area contributed by atoms with E-state index in [1.807, 2.05) is 24.3 Å². The molecule has 0 unspecified atom stereocenters. The summed E-state index contributed by atoms with van der Waals surface area (Å²) < 4.78 is 0. The minimum atomic E-state index is 0.253. The number of hydrogen-bond donors (Lipinski definition) is 0. The van der Waals surface area contributed by atoms with E-state index in [-0.39, 0.29) is 5.78 Å². The molecule has 0 aliphatic heterocycles. The van der Waals surface area contributed by atoms with Crippen LogP contribution in [0, 0.1) is 0 Å². The summed E-state index contributed by atoms with van der Waals surface area (Å²) in [5.41, 5.74) is 2.32. The Labute approximate surface area is 94.8 Å². The molecule has 78 valence electrons. The molecule has 1 aromatic carbocycles. The lowest BCUT2D eigenvalue weighted by atomic mass is 9.93. The van der Waals surface area contributed by atoms with E-state index in [2.05, 4.69) is 0 Å². The van der Waals surface area contributed by atoms with Gasteiger partial charge in [0.15, 0.2) is 5.78 Å². The van der Waals surface area contributed by atoms with Crippen molar-refractivity contribution in [3.63, 3.8) is 0 Å². The van der Waals surface area contributed by atoms with Gasteiger partial charge in [-0.1, -0.05) is 35.4 Å². The van der Waals surface area contributed by atoms with Crippen LogP contribution in [0.2, 0.25) is 5.02 Å². The maximum Gasteiger partial charge on any atom is 0.155 e. The smallest absolute Gasteiger partial charge is 0.155 e. The summed E-state index contributed by atoms with van der Waals surface area (Å²) >= 11 is 6.07. The molecule has 0 saturated heterocycles. The number of hydrogen-bond acceptors (Lipinski definition) is 1. The highest BCUT2D eigenvalue weighted by Crippen LogP contribution is 2.23. The molecule has 15 heavy (non-hydrogen) atoms. The Morgan fingerprint density at radius 1 is 1.20 bits per heavy atom. The van der Waals surface area contributed by atoms with Crippen molar-refractivity contribution in [3.05, 3.63) is 46.5 Å². The predicted molar refractivity (Wildman–Crippen MR) is 62.1 cm³/mol. The van der Waals surface area contributed by atoms with Gasteiger partial charge in [0.1, 0.15) is 0 Å². The first kappa shape index (κ1) is 10.4. The third-order valence-corrected chi connectivity index (χ3v) is 3.03. The minimum Gasteiger partial charge on any atom is -0.295 e. The fourth-order valence-corrected chi connectivity index (χ4v) is 2.09. The largest absolute Gasteiger partial charge is 0.295 e. The topological polar surface area (TPSA) is 17.1 Å². The van der Waals surface area contributed by atoms with Crippen LogP contribution in [-0.2, 0) is 11.2 Å². The van der Waals surface area contributed by atoms with Crippen molar-refractivity contribution in [3.8, 4) is 0 Å². The van der Waals surface area contributed by atoms with Gasteiger partial charge in [0.2, 0.25) is 0 Å². The van der Waals surface area contributed by atoms with Crippen LogP contribution in [0.15, 0.2) is 35.9 Å². The molecule has 1 aliphatic rings. The Hall–Kier alpha value is -1.08. The zero-order valence-electron chi connectivity index (χ0n) is 8.50. The van der Waals surface area contributed by atoms with Crippen molar-refractivity contribution in [1.82, 2.24) is 0 Å². The first-order valence-electron chi connectivity index (χ1n) is 5.21. The molecular formula is C13H13ClO. The Kier molecular flexibility index (Phi) is 3.22. The molecule has 1 aromatic rings. The van der Waals surface area contributed by atoms with Gasteiger partial charge in [0, 0.05) is 11.4 Å². The molecule has 0 spiro atoms. The van der Waals surface area contributed by atoms with E-state index < -0.39 is 0 Å². The maximum absolute atomic E-state index is 11.2. The lowest BCUT2D eigenvalue weighted by Gasteiger charge is -2.12. The van der Waals surface area contributed by atoms with Gasteiger partial charge in [-0.25, -0.2) is 0 Å². The quantitative estimate of drug-likeness (QED) is 0.745. The van der Waals surface area contributed by atoms with E-state index >= 15 is 0 Å². The van der Waals surface area contributed by atoms with Gasteiger partial charge in [-0.2, -0.15) is 0 Å². The summed E-state index contributed by atoms with van der Waals surface area (Å²) in [6.45, 7) is 0. The van der Waals surface area contributed by atoms with Crippen LogP contribution in [0.25, 0.3) is 0 Å². The number of carbonyl (C=O) groups is 1. The molecule has 0 radical (unpaired) electrons. The molecule has 2 heteroatoms. The molecule has 0 bridgehead atoms. The van der Waals surface area contributed by atoms with Crippen LogP contribution < -0.4 is 0 Å². The molecule has 0 heterocycles. The van der Waals surface area contributed by atoms with Crippen molar-refractivity contribution in [2.45, 2.75) is 25.7 Å². The molecule has 0 atom stereocenters. The number of rotatable bonds is 2. The Balaban J connectivity index is 2.15. The van der Waals surface area contributed by atoms with E-state index in [9.17, 15) is 4.79 Å². The highest BCUT2D eigenvalue weighted by Gasteiger charge is 2.11. The van der Waals surface area contributed by atoms with Crippen molar-refractivity contribution < 1.29 is 4.79 Å². The molecule has 1 aliphatic carbocycles. The fraction of sp³-hybridized carbons (Fsp3) is 0.308. The van der Waals surface area contributed by atoms with Crippen LogP contribution >= 0.6 is 11.6 Å². The summed E-state index contributed by atoms with van der Waals surface area (Å²) in [6, 6.07) is 7.81. The van der Waals surface area contributed by atoms with Crippen LogP contribution in [0.1, 0.15) is 24.8 Å². The molecule has 0 N–H and O–H groups in total. The van der Waals surface area contributed by atoms with Gasteiger partial charge >= 0.3 is 0 Å². The Morgan fingerprint density at radius 2 is 2.00 bits per heavy atom. The zero-order valence-corrected chi connectivity index (χ0v) is 9.26. The van der Waals surface area contributed by atoms with Crippen LogP contribution in [0.4, 0.5) is 0 Å². The Bertz CT molecular complexity index is 407. The highest BCUT2D eigenvalue weighted by atomic mass is 35.5. The van der Waals surface area contributed by atoms with Gasteiger partial charge in [-0.15, -0.1) is 0 Å². The van der Waals surface area contributed by atoms with Gasteiger partial charge in [0.25, 0.3) is 0 Å². The lowest BCUT2D eigenvalue weighted by Crippen LogP contribution is -2.04. The third-order valence-electron chi connectivity index (χ3n) is 2.66. The fourth-order valence-electron chi connectivity index (χ4n) is 1.89. The van der Waals surface area contributed by atoms with Crippen molar-refractivity contribution >= 4 is 17.4 Å².